The number of hydrogen-bond acceptors (Lipinski definition) is 3. The quantitative estimate of drug-likeness (QED) is 0.858. The Morgan fingerprint density at radius 3 is 2.88 bits per heavy atom. The van der Waals surface area contributed by atoms with Crippen LogP contribution >= 0.6 is 24.0 Å². The van der Waals surface area contributed by atoms with E-state index >= 15 is 0 Å². The molecule has 0 amide bonds. The summed E-state index contributed by atoms with van der Waals surface area (Å²) in [5.41, 5.74) is 3.14. The van der Waals surface area contributed by atoms with E-state index in [0.717, 1.165) is 27.4 Å². The van der Waals surface area contributed by atoms with Gasteiger partial charge in [-0.05, 0) is 32.3 Å². The Kier molecular flexibility index (Phi) is 3.12. The minimum Gasteiger partial charge on any atom is -0.328 e. The zero-order valence-electron chi connectivity index (χ0n) is 9.94. The third kappa shape index (κ3) is 1.69. The second-order valence-electron chi connectivity index (χ2n) is 4.01. The molecular formula is C10H16N4S2. The van der Waals surface area contributed by atoms with Crippen molar-refractivity contribution in [2.75, 3.05) is 12.0 Å². The minimum atomic E-state index is 0.381. The van der Waals surface area contributed by atoms with E-state index in [1.165, 1.54) is 0 Å². The van der Waals surface area contributed by atoms with E-state index in [2.05, 4.69) is 27.8 Å². The van der Waals surface area contributed by atoms with E-state index in [9.17, 15) is 0 Å². The summed E-state index contributed by atoms with van der Waals surface area (Å²) < 4.78 is 4.84. The van der Waals surface area contributed by atoms with E-state index in [0.29, 0.717) is 6.04 Å². The first-order chi connectivity index (χ1) is 7.56. The van der Waals surface area contributed by atoms with Crippen molar-refractivity contribution in [3.63, 3.8) is 0 Å². The lowest BCUT2D eigenvalue weighted by atomic mass is 10.4. The Labute approximate surface area is 104 Å². The number of H-pyrrole nitrogens is 1. The van der Waals surface area contributed by atoms with Gasteiger partial charge in [-0.1, -0.05) is 0 Å². The highest BCUT2D eigenvalue weighted by atomic mass is 32.2. The fourth-order valence-electron chi connectivity index (χ4n) is 2.06. The number of thioether (sulfide) groups is 1. The van der Waals surface area contributed by atoms with Gasteiger partial charge in [0.2, 0.25) is 0 Å². The number of nitrogens with zero attached hydrogens (tertiary/aromatic N) is 3. The summed E-state index contributed by atoms with van der Waals surface area (Å²) in [5.74, 6) is 1.05. The molecule has 1 atom stereocenters. The maximum atomic E-state index is 5.37. The van der Waals surface area contributed by atoms with Crippen molar-refractivity contribution in [3.05, 3.63) is 10.5 Å². The largest absolute Gasteiger partial charge is 0.328 e. The molecule has 0 aliphatic rings. The van der Waals surface area contributed by atoms with E-state index in [4.69, 9.17) is 12.2 Å². The topological polar surface area (TPSA) is 38.5 Å². The van der Waals surface area contributed by atoms with Crippen LogP contribution in [0.5, 0.6) is 0 Å². The summed E-state index contributed by atoms with van der Waals surface area (Å²) in [6.07, 6.45) is 2.11. The van der Waals surface area contributed by atoms with Crippen LogP contribution in [0.4, 0.5) is 0 Å². The van der Waals surface area contributed by atoms with Gasteiger partial charge in [-0.15, -0.1) is 0 Å². The summed E-state index contributed by atoms with van der Waals surface area (Å²) in [7, 11) is 1.96. The van der Waals surface area contributed by atoms with Gasteiger partial charge in [-0.3, -0.25) is 9.25 Å². The summed E-state index contributed by atoms with van der Waals surface area (Å²) in [6.45, 7) is 4.18. The Balaban J connectivity index is 2.68. The average molecular weight is 256 g/mol. The maximum absolute atomic E-state index is 5.37. The summed E-state index contributed by atoms with van der Waals surface area (Å²) in [6, 6.07) is 0.381. The second kappa shape index (κ2) is 4.25. The van der Waals surface area contributed by atoms with Gasteiger partial charge in [0.25, 0.3) is 0 Å². The molecule has 0 saturated carbocycles. The smallest absolute Gasteiger partial charge is 0.179 e. The fraction of sp³-hybridized carbons (Fsp3) is 0.600. The highest BCUT2D eigenvalue weighted by molar-refractivity contribution is 7.98. The van der Waals surface area contributed by atoms with Gasteiger partial charge in [0.1, 0.15) is 5.52 Å². The average Bonchev–Trinajstić information content (AvgIpc) is 2.67. The molecule has 0 spiro atoms. The molecular weight excluding hydrogens is 240 g/mol. The molecule has 16 heavy (non-hydrogen) atoms. The molecule has 0 saturated heterocycles. The van der Waals surface area contributed by atoms with Crippen LogP contribution in [-0.4, -0.2) is 31.3 Å². The number of aromatic nitrogens is 4. The number of nitrogens with one attached hydrogen (secondary N) is 1. The number of aromatic amines is 1. The molecule has 0 radical (unpaired) electrons. The van der Waals surface area contributed by atoms with Gasteiger partial charge >= 0.3 is 0 Å². The highest BCUT2D eigenvalue weighted by Gasteiger charge is 2.16. The van der Waals surface area contributed by atoms with Gasteiger partial charge in [-0.25, -0.2) is 0 Å². The number of fused-ring (bicyclic) bond motifs is 1. The number of aryl methyl sites for hydroxylation is 2. The number of hydrogen-bond donors (Lipinski definition) is 1. The second-order valence-corrected chi connectivity index (χ2v) is 5.31. The lowest BCUT2D eigenvalue weighted by Gasteiger charge is -2.12. The third-order valence-corrected chi connectivity index (χ3v) is 3.83. The lowest BCUT2D eigenvalue weighted by molar-refractivity contribution is 0.596. The Bertz CT molecular complexity index is 563. The molecule has 0 aliphatic carbocycles. The lowest BCUT2D eigenvalue weighted by Crippen LogP contribution is -2.10. The summed E-state index contributed by atoms with van der Waals surface area (Å²) in [4.78, 5) is 3.24. The summed E-state index contributed by atoms with van der Waals surface area (Å²) >= 11 is 7.20. The standard InChI is InChI=1S/C10H16N4S2/c1-6(5-16-4)14-9-8(11-10(14)15)7(2)12-13(9)3/h6H,5H2,1-4H3,(H,11,15). The van der Waals surface area contributed by atoms with Crippen LogP contribution in [0.3, 0.4) is 0 Å². The first-order valence-corrected chi connectivity index (χ1v) is 6.99. The zero-order valence-corrected chi connectivity index (χ0v) is 11.6. The van der Waals surface area contributed by atoms with Crippen LogP contribution in [0.1, 0.15) is 18.7 Å². The van der Waals surface area contributed by atoms with Crippen molar-refractivity contribution < 1.29 is 0 Å². The molecule has 1 unspecified atom stereocenters. The SMILES string of the molecule is CSCC(C)n1c(=S)[nH]c2c(C)nn(C)c21. The predicted molar refractivity (Wildman–Crippen MR) is 71.7 cm³/mol. The van der Waals surface area contributed by atoms with Crippen LogP contribution in [0, 0.1) is 11.7 Å². The Hall–Kier alpha value is -0.750. The first kappa shape index (κ1) is 11.7. The molecule has 2 aromatic heterocycles. The Morgan fingerprint density at radius 1 is 1.56 bits per heavy atom. The molecule has 6 heteroatoms. The first-order valence-electron chi connectivity index (χ1n) is 5.19. The van der Waals surface area contributed by atoms with Crippen molar-refractivity contribution in [3.8, 4) is 0 Å². The van der Waals surface area contributed by atoms with Crippen LogP contribution in [0.25, 0.3) is 11.2 Å². The van der Waals surface area contributed by atoms with Gasteiger partial charge in [0.05, 0.1) is 5.69 Å². The molecule has 0 aliphatic heterocycles. The molecule has 2 aromatic rings. The van der Waals surface area contributed by atoms with E-state index in [-0.39, 0.29) is 0 Å². The van der Waals surface area contributed by atoms with Gasteiger partial charge < -0.3 is 4.98 Å². The third-order valence-electron chi connectivity index (χ3n) is 2.72. The fourth-order valence-corrected chi connectivity index (χ4v) is 3.06. The summed E-state index contributed by atoms with van der Waals surface area (Å²) in [5, 5.41) is 4.41. The van der Waals surface area contributed by atoms with Crippen molar-refractivity contribution in [2.24, 2.45) is 7.05 Å². The van der Waals surface area contributed by atoms with Crippen molar-refractivity contribution in [1.82, 2.24) is 19.3 Å². The Morgan fingerprint density at radius 2 is 2.25 bits per heavy atom. The predicted octanol–water partition coefficient (Wildman–Crippen LogP) is 2.66. The van der Waals surface area contributed by atoms with Crippen LogP contribution in [0.15, 0.2) is 0 Å². The van der Waals surface area contributed by atoms with Gasteiger partial charge in [0, 0.05) is 18.8 Å². The maximum Gasteiger partial charge on any atom is 0.179 e. The minimum absolute atomic E-state index is 0.381. The molecule has 0 aromatic carbocycles. The molecule has 0 bridgehead atoms. The van der Waals surface area contributed by atoms with E-state index in [1.54, 1.807) is 0 Å². The number of rotatable bonds is 3. The van der Waals surface area contributed by atoms with Crippen LogP contribution in [0.2, 0.25) is 0 Å². The van der Waals surface area contributed by atoms with Crippen molar-refractivity contribution >= 4 is 35.1 Å². The van der Waals surface area contributed by atoms with Crippen molar-refractivity contribution in [2.45, 2.75) is 19.9 Å². The van der Waals surface area contributed by atoms with E-state index < -0.39 is 0 Å². The van der Waals surface area contributed by atoms with Gasteiger partial charge in [-0.2, -0.15) is 16.9 Å². The van der Waals surface area contributed by atoms with Crippen LogP contribution < -0.4 is 0 Å². The van der Waals surface area contributed by atoms with Crippen molar-refractivity contribution in [1.29, 1.82) is 0 Å². The monoisotopic (exact) mass is 256 g/mol. The van der Waals surface area contributed by atoms with Crippen LogP contribution in [-0.2, 0) is 7.05 Å². The molecule has 2 heterocycles. The molecule has 4 nitrogen and oxygen atoms in total. The highest BCUT2D eigenvalue weighted by Crippen LogP contribution is 2.22. The normalized spacial score (nSPS) is 13.5. The van der Waals surface area contributed by atoms with Gasteiger partial charge in [0.15, 0.2) is 10.4 Å². The van der Waals surface area contributed by atoms with E-state index in [1.807, 2.05) is 30.4 Å². The molecule has 2 rings (SSSR count). The number of imidazole rings is 1. The molecule has 88 valence electrons. The zero-order chi connectivity index (χ0) is 11.9. The molecule has 1 N–H and O–H groups in total. The molecule has 0 fully saturated rings.